The van der Waals surface area contributed by atoms with E-state index in [1.165, 1.54) is 16.9 Å². The number of nitrogens with one attached hydrogen (secondary N) is 1. The monoisotopic (exact) mass is 333 g/mol. The molecule has 0 aliphatic heterocycles. The Morgan fingerprint density at radius 1 is 1.17 bits per heavy atom. The minimum absolute atomic E-state index is 0.0443. The van der Waals surface area contributed by atoms with E-state index < -0.39 is 10.0 Å². The van der Waals surface area contributed by atoms with Crippen LogP contribution in [0, 0.1) is 0 Å². The molecule has 0 fully saturated rings. The largest absolute Gasteiger partial charge is 0.407 e. The summed E-state index contributed by atoms with van der Waals surface area (Å²) in [6.45, 7) is 2.24. The maximum absolute atomic E-state index is 12.3. The molecule has 9 heteroatoms. The lowest BCUT2D eigenvalue weighted by Crippen LogP contribution is -2.17. The summed E-state index contributed by atoms with van der Waals surface area (Å²) in [5, 5.41) is 11.6. The normalized spacial score (nSPS) is 11.5. The summed E-state index contributed by atoms with van der Waals surface area (Å²) in [4.78, 5) is 0. The summed E-state index contributed by atoms with van der Waals surface area (Å²) in [5.41, 5.74) is 0.995. The van der Waals surface area contributed by atoms with Gasteiger partial charge in [0.1, 0.15) is 0 Å². The van der Waals surface area contributed by atoms with E-state index in [0.717, 1.165) is 5.56 Å². The topological polar surface area (TPSA) is 103 Å². The van der Waals surface area contributed by atoms with Crippen molar-refractivity contribution in [2.45, 2.75) is 24.9 Å². The van der Waals surface area contributed by atoms with Crippen molar-refractivity contribution in [1.29, 1.82) is 0 Å². The number of sulfonamides is 1. The lowest BCUT2D eigenvalue weighted by atomic mass is 10.2. The van der Waals surface area contributed by atoms with Crippen LogP contribution in [0.5, 0.6) is 0 Å². The molecule has 1 aromatic carbocycles. The van der Waals surface area contributed by atoms with Gasteiger partial charge in [0.15, 0.2) is 5.03 Å². The third-order valence-corrected chi connectivity index (χ3v) is 4.48. The van der Waals surface area contributed by atoms with Crippen molar-refractivity contribution >= 4 is 16.0 Å². The Kier molecular flexibility index (Phi) is 4.11. The first-order valence-corrected chi connectivity index (χ1v) is 8.48. The fourth-order valence-electron chi connectivity index (χ4n) is 2.09. The Hall–Kier alpha value is -2.68. The Bertz CT molecular complexity index is 886. The van der Waals surface area contributed by atoms with Gasteiger partial charge in [0, 0.05) is 6.54 Å². The molecule has 0 spiro atoms. The summed E-state index contributed by atoms with van der Waals surface area (Å²) < 4.78 is 33.6. The average Bonchev–Trinajstić information content (AvgIpc) is 3.17. The molecular formula is C14H15N5O3S. The number of nitrogens with zero attached hydrogens (tertiary/aromatic N) is 4. The fraction of sp³-hybridized carbons (Fsp3) is 0.214. The van der Waals surface area contributed by atoms with Gasteiger partial charge < -0.3 is 4.42 Å². The molecule has 3 aromatic rings. The van der Waals surface area contributed by atoms with Crippen LogP contribution in [0.1, 0.15) is 18.4 Å². The van der Waals surface area contributed by atoms with Gasteiger partial charge in [-0.15, -0.1) is 5.10 Å². The van der Waals surface area contributed by atoms with Crippen molar-refractivity contribution in [2.24, 2.45) is 0 Å². The molecule has 2 aromatic heterocycles. The zero-order valence-corrected chi connectivity index (χ0v) is 13.2. The van der Waals surface area contributed by atoms with Gasteiger partial charge in [-0.1, -0.05) is 35.4 Å². The van der Waals surface area contributed by atoms with Crippen molar-refractivity contribution < 1.29 is 12.8 Å². The number of aryl methyl sites for hydroxylation is 1. The number of benzene rings is 1. The molecule has 0 atom stereocenters. The van der Waals surface area contributed by atoms with Crippen molar-refractivity contribution in [1.82, 2.24) is 20.0 Å². The molecule has 120 valence electrons. The van der Waals surface area contributed by atoms with Gasteiger partial charge in [0.05, 0.1) is 12.6 Å². The zero-order valence-electron chi connectivity index (χ0n) is 12.4. The second kappa shape index (κ2) is 6.21. The predicted octanol–water partition coefficient (Wildman–Crippen LogP) is 1.68. The molecule has 0 bridgehead atoms. The van der Waals surface area contributed by atoms with E-state index in [1.54, 1.807) is 6.92 Å². The molecule has 0 radical (unpaired) electrons. The quantitative estimate of drug-likeness (QED) is 0.736. The number of aromatic nitrogens is 4. The highest BCUT2D eigenvalue weighted by atomic mass is 32.2. The van der Waals surface area contributed by atoms with Crippen LogP contribution in [0.25, 0.3) is 0 Å². The highest BCUT2D eigenvalue weighted by molar-refractivity contribution is 7.92. The molecule has 8 nitrogen and oxygen atoms in total. The summed E-state index contributed by atoms with van der Waals surface area (Å²) in [6, 6.07) is 10.8. The molecule has 0 amide bonds. The smallest absolute Gasteiger partial charge is 0.329 e. The van der Waals surface area contributed by atoms with E-state index in [2.05, 4.69) is 20.0 Å². The van der Waals surface area contributed by atoms with Crippen molar-refractivity contribution in [3.8, 4) is 0 Å². The Morgan fingerprint density at radius 3 is 2.70 bits per heavy atom. The number of hydrogen-bond donors (Lipinski definition) is 1. The zero-order chi connectivity index (χ0) is 16.3. The van der Waals surface area contributed by atoms with Crippen molar-refractivity contribution in [3.05, 3.63) is 54.0 Å². The number of hydrogen-bond acceptors (Lipinski definition) is 6. The summed E-state index contributed by atoms with van der Waals surface area (Å²) >= 11 is 0. The molecule has 3 rings (SSSR count). The van der Waals surface area contributed by atoms with Crippen LogP contribution >= 0.6 is 0 Å². The molecule has 0 saturated carbocycles. The van der Waals surface area contributed by atoms with E-state index in [-0.39, 0.29) is 11.0 Å². The highest BCUT2D eigenvalue weighted by Crippen LogP contribution is 2.16. The Morgan fingerprint density at radius 2 is 1.96 bits per heavy atom. The van der Waals surface area contributed by atoms with Crippen molar-refractivity contribution in [2.75, 3.05) is 4.72 Å². The van der Waals surface area contributed by atoms with Gasteiger partial charge in [0.2, 0.25) is 5.89 Å². The van der Waals surface area contributed by atoms with E-state index in [9.17, 15) is 8.42 Å². The minimum Gasteiger partial charge on any atom is -0.407 e. The standard InChI is InChI=1S/C14H15N5O3S/c1-2-19-13(8-9-15-19)23(20,21)18-14-17-16-12(22-14)10-11-6-4-3-5-7-11/h3-9H,2,10H2,1H3,(H,17,18). The van der Waals surface area contributed by atoms with Gasteiger partial charge in [0.25, 0.3) is 10.0 Å². The molecular weight excluding hydrogens is 318 g/mol. The van der Waals surface area contributed by atoms with Crippen LogP contribution in [0.3, 0.4) is 0 Å². The Balaban J connectivity index is 1.76. The van der Waals surface area contributed by atoms with Crippen LogP contribution in [-0.2, 0) is 23.0 Å². The van der Waals surface area contributed by atoms with E-state index in [4.69, 9.17) is 4.42 Å². The van der Waals surface area contributed by atoms with Gasteiger partial charge in [-0.3, -0.25) is 4.68 Å². The van der Waals surface area contributed by atoms with Gasteiger partial charge in [-0.25, -0.2) is 4.72 Å². The predicted molar refractivity (Wildman–Crippen MR) is 82.3 cm³/mol. The van der Waals surface area contributed by atoms with E-state index >= 15 is 0 Å². The lowest BCUT2D eigenvalue weighted by molar-refractivity contribution is 0.518. The maximum Gasteiger partial charge on any atom is 0.329 e. The lowest BCUT2D eigenvalue weighted by Gasteiger charge is -2.05. The number of anilines is 1. The van der Waals surface area contributed by atoms with Crippen molar-refractivity contribution in [3.63, 3.8) is 0 Å². The molecule has 0 unspecified atom stereocenters. The van der Waals surface area contributed by atoms with Gasteiger partial charge >= 0.3 is 6.01 Å². The molecule has 0 saturated heterocycles. The first-order valence-electron chi connectivity index (χ1n) is 6.99. The van der Waals surface area contributed by atoms with Crippen LogP contribution < -0.4 is 4.72 Å². The summed E-state index contributed by atoms with van der Waals surface area (Å²) in [5.74, 6) is 0.331. The minimum atomic E-state index is -3.82. The Labute approximate surface area is 133 Å². The van der Waals surface area contributed by atoms with Crippen LogP contribution in [-0.4, -0.2) is 28.4 Å². The second-order valence-electron chi connectivity index (χ2n) is 4.75. The van der Waals surface area contributed by atoms with Crippen LogP contribution in [0.2, 0.25) is 0 Å². The third kappa shape index (κ3) is 3.39. The molecule has 1 N–H and O–H groups in total. The van der Waals surface area contributed by atoms with E-state index in [0.29, 0.717) is 18.9 Å². The van der Waals surface area contributed by atoms with E-state index in [1.807, 2.05) is 30.3 Å². The highest BCUT2D eigenvalue weighted by Gasteiger charge is 2.21. The third-order valence-electron chi connectivity index (χ3n) is 3.14. The molecule has 0 aliphatic rings. The average molecular weight is 333 g/mol. The van der Waals surface area contributed by atoms with Gasteiger partial charge in [-0.05, 0) is 18.6 Å². The summed E-state index contributed by atoms with van der Waals surface area (Å²) in [7, 11) is -3.82. The maximum atomic E-state index is 12.3. The molecule has 2 heterocycles. The second-order valence-corrected chi connectivity index (χ2v) is 6.38. The SMILES string of the molecule is CCn1nccc1S(=O)(=O)Nc1nnc(Cc2ccccc2)o1. The first-order chi connectivity index (χ1) is 11.1. The summed E-state index contributed by atoms with van der Waals surface area (Å²) in [6.07, 6.45) is 1.86. The van der Waals surface area contributed by atoms with Crippen LogP contribution in [0.15, 0.2) is 52.0 Å². The fourth-order valence-corrected chi connectivity index (χ4v) is 3.20. The number of rotatable bonds is 6. The molecule has 23 heavy (non-hydrogen) atoms. The van der Waals surface area contributed by atoms with Crippen LogP contribution in [0.4, 0.5) is 6.01 Å². The molecule has 0 aliphatic carbocycles. The van der Waals surface area contributed by atoms with Gasteiger partial charge in [-0.2, -0.15) is 13.5 Å². The first kappa shape index (κ1) is 15.2.